The van der Waals surface area contributed by atoms with E-state index in [1.54, 1.807) is 33.8 Å². The third-order valence-electron chi connectivity index (χ3n) is 17.6. The molecule has 1 aromatic rings. The number of ether oxygens (including phenoxy) is 1. The van der Waals surface area contributed by atoms with E-state index in [2.05, 4.69) is 20.9 Å². The minimum Gasteiger partial charge on any atom is -0.368 e. The van der Waals surface area contributed by atoms with Crippen molar-refractivity contribution in [2.24, 2.45) is 29.6 Å². The Kier molecular flexibility index (Phi) is 26.5. The number of aromatic nitrogens is 1. The summed E-state index contributed by atoms with van der Waals surface area (Å²) in [7, 11) is 9.94. The van der Waals surface area contributed by atoms with Gasteiger partial charge in [-0.25, -0.2) is 9.18 Å². The highest BCUT2D eigenvalue weighted by molar-refractivity contribution is 6.02. The molecule has 0 saturated carbocycles. The van der Waals surface area contributed by atoms with Crippen LogP contribution in [0.15, 0.2) is 18.3 Å². The van der Waals surface area contributed by atoms with Crippen molar-refractivity contribution in [3.05, 3.63) is 29.8 Å². The average Bonchev–Trinajstić information content (AvgIpc) is 1.59. The Bertz CT molecular complexity index is 2680. The Morgan fingerprint density at radius 1 is 0.523 bits per heavy atom. The lowest BCUT2D eigenvalue weighted by atomic mass is 9.96. The van der Waals surface area contributed by atoms with Gasteiger partial charge >= 0.3 is 6.03 Å². The van der Waals surface area contributed by atoms with Crippen molar-refractivity contribution in [3.63, 3.8) is 0 Å². The van der Waals surface area contributed by atoms with Crippen molar-refractivity contribution < 1.29 is 61.9 Å². The molecular weight excluding hydrogens is 1140 g/mol. The summed E-state index contributed by atoms with van der Waals surface area (Å²) >= 11 is 0. The molecule has 0 radical (unpaired) electrons. The molecule has 4 saturated heterocycles. The maximum absolute atomic E-state index is 15.4. The molecule has 13 atom stereocenters. The van der Waals surface area contributed by atoms with Crippen LogP contribution in [0.3, 0.4) is 0 Å². The summed E-state index contributed by atoms with van der Waals surface area (Å²) in [4.78, 5) is 176. The summed E-state index contributed by atoms with van der Waals surface area (Å²) in [5, 5.41) is 7.84. The number of halogens is 1. The van der Waals surface area contributed by atoms with Gasteiger partial charge < -0.3 is 54.6 Å². The van der Waals surface area contributed by atoms with Gasteiger partial charge in [0.2, 0.25) is 59.1 Å². The molecule has 3 unspecified atom stereocenters. The molecule has 4 aliphatic rings. The molecule has 25 heteroatoms. The van der Waals surface area contributed by atoms with E-state index in [1.807, 2.05) is 55.4 Å². The molecule has 24 nitrogen and oxygen atoms in total. The van der Waals surface area contributed by atoms with Crippen molar-refractivity contribution >= 4 is 65.1 Å². The van der Waals surface area contributed by atoms with Gasteiger partial charge in [-0.15, -0.1) is 0 Å². The van der Waals surface area contributed by atoms with Crippen LogP contribution in [0.1, 0.15) is 148 Å². The number of nitrogens with zero attached hydrogens (tertiary/aromatic N) is 9. The number of nitrogens with one attached hydrogen (secondary N) is 3. The van der Waals surface area contributed by atoms with Gasteiger partial charge in [-0.3, -0.25) is 58.2 Å². The zero-order chi connectivity index (χ0) is 66.8. The van der Waals surface area contributed by atoms with Crippen LogP contribution in [0.4, 0.5) is 9.18 Å². The number of hydrogen-bond acceptors (Lipinski definition) is 13. The van der Waals surface area contributed by atoms with Gasteiger partial charge in [-0.05, 0) is 114 Å². The normalized spacial score (nSPS) is 28.9. The second-order valence-corrected chi connectivity index (χ2v) is 26.6. The number of imide groups is 1. The van der Waals surface area contributed by atoms with Crippen LogP contribution in [0, 0.1) is 35.4 Å². The fourth-order valence-electron chi connectivity index (χ4n) is 12.2. The molecule has 3 N–H and O–H groups in total. The van der Waals surface area contributed by atoms with Gasteiger partial charge in [0.05, 0.1) is 18.3 Å². The van der Waals surface area contributed by atoms with E-state index in [4.69, 9.17) is 4.74 Å². The molecule has 5 heterocycles. The number of fused-ring (bicyclic) bond motifs is 27. The zero-order valence-corrected chi connectivity index (χ0v) is 56.1. The topological polar surface area (TPSA) is 272 Å². The maximum atomic E-state index is 15.4. The van der Waals surface area contributed by atoms with Crippen LogP contribution >= 0.6 is 0 Å². The number of aryl methyl sites for hydroxylation is 1. The van der Waals surface area contributed by atoms with E-state index >= 15 is 19.2 Å². The number of carbonyl (C=O) groups excluding carboxylic acids is 11. The number of pyridine rings is 1. The lowest BCUT2D eigenvalue weighted by molar-refractivity contribution is -0.156. The Labute approximate surface area is 521 Å². The molecule has 1 aromatic heterocycles. The molecule has 12 amide bonds. The van der Waals surface area contributed by atoms with E-state index < -0.39 is 156 Å². The summed E-state index contributed by atoms with van der Waals surface area (Å²) in [6.07, 6.45) is 0.395. The van der Waals surface area contributed by atoms with Gasteiger partial charge in [0.1, 0.15) is 72.3 Å². The molecule has 4 fully saturated rings. The summed E-state index contributed by atoms with van der Waals surface area (Å²) in [5.74, 6) is -8.48. The molecular formula is C63H103FN12O12. The van der Waals surface area contributed by atoms with Crippen LogP contribution in [-0.4, -0.2) is 237 Å². The minimum absolute atomic E-state index is 0.0600. The summed E-state index contributed by atoms with van der Waals surface area (Å²) in [5.41, 5.74) is 0.567. The van der Waals surface area contributed by atoms with Gasteiger partial charge in [0.25, 0.3) is 0 Å². The first-order valence-corrected chi connectivity index (χ1v) is 31.3. The number of urea groups is 1. The Morgan fingerprint density at radius 2 is 0.989 bits per heavy atom. The first-order valence-electron chi connectivity index (χ1n) is 31.3. The number of carbonyl (C=O) groups is 11. The van der Waals surface area contributed by atoms with Crippen LogP contribution in [0.2, 0.25) is 0 Å². The third kappa shape index (κ3) is 17.3. The van der Waals surface area contributed by atoms with Crippen molar-refractivity contribution in [3.8, 4) is 0 Å². The van der Waals surface area contributed by atoms with Gasteiger partial charge in [0.15, 0.2) is 0 Å². The quantitative estimate of drug-likeness (QED) is 0.225. The second-order valence-electron chi connectivity index (χ2n) is 26.6. The lowest BCUT2D eigenvalue weighted by Crippen LogP contribution is -2.62. The second kappa shape index (κ2) is 31.6. The molecule has 494 valence electrons. The van der Waals surface area contributed by atoms with E-state index in [1.165, 1.54) is 104 Å². The van der Waals surface area contributed by atoms with Crippen molar-refractivity contribution in [1.29, 1.82) is 0 Å². The standard InChI is InChI=1S/C63H103FN12O12/c1-22-43-57(81)69(15)39(13)56(80)70(16)46(29-34(4)5)55(79)67-49(37(10)11)60(84)71(17)45(28-33(2)3)54(78)66-38(12)53(77)68-63(87)73(19)48(31-36(8)9)58(82)72(18)47(30-35(6)7)59(83)74(20)50-40(14)88-52-44(25-23-24-42-27-26-41(64)32-65-42)76(43)62(86)51(52)75(21)61(50)85/h26-27,32-40,43-52H,22-25,28-31H2,1-21H3,(H,66,78)(H,67,79)(H,68,77,87)/t38?,39-,40?,43-,44-,45-,46+,47?,48-,49-,50+,51+,52-/m1/s1. The smallest absolute Gasteiger partial charge is 0.324 e. The molecule has 4 bridgehead atoms. The van der Waals surface area contributed by atoms with Crippen LogP contribution in [-0.2, 0) is 59.1 Å². The number of likely N-dealkylation sites (N-methyl/N-ethyl adjacent to an activating group) is 7. The number of hydrogen-bond donors (Lipinski definition) is 3. The Morgan fingerprint density at radius 3 is 1.49 bits per heavy atom. The van der Waals surface area contributed by atoms with Crippen LogP contribution in [0.25, 0.3) is 0 Å². The Hall–Kier alpha value is -6.79. The average molecular weight is 1240 g/mol. The maximum Gasteiger partial charge on any atom is 0.324 e. The zero-order valence-electron chi connectivity index (χ0n) is 56.1. The highest BCUT2D eigenvalue weighted by Crippen LogP contribution is 2.37. The van der Waals surface area contributed by atoms with E-state index in [0.29, 0.717) is 18.5 Å². The van der Waals surface area contributed by atoms with Crippen molar-refractivity contribution in [2.45, 2.75) is 227 Å². The number of rotatable bonds is 14. The predicted octanol–water partition coefficient (Wildman–Crippen LogP) is 3.68. The molecule has 0 aromatic carbocycles. The SMILES string of the molecule is CC[C@@H]1C(=O)N(C)[C@H](C)C(=O)N(C)[C@@H](CC(C)C)C(=O)N[C@H](C(C)C)C(=O)N(C)[C@H](CC(C)C)C(=O)NC(C)C(=O)NC(=O)N(C)[C@H](CC(C)C)C(=O)N(C)C(CC(C)C)C(=O)N(C)[C@@H]2C(=O)N(C)[C@@H]3C(=O)N1[C@H](CCCc1ccc(F)cn1)[C@H]3OC2C. The molecule has 0 aliphatic carbocycles. The Balaban J connectivity index is 1.93. The minimum atomic E-state index is -1.34. The summed E-state index contributed by atoms with van der Waals surface area (Å²) in [6.45, 7) is 24.5. The molecule has 4 aliphatic heterocycles. The van der Waals surface area contributed by atoms with Crippen molar-refractivity contribution in [1.82, 2.24) is 60.1 Å². The van der Waals surface area contributed by atoms with Crippen LogP contribution in [0.5, 0.6) is 0 Å². The monoisotopic (exact) mass is 1240 g/mol. The fraction of sp³-hybridized carbons (Fsp3) is 0.746. The number of amides is 12. The first-order chi connectivity index (χ1) is 40.9. The highest BCUT2D eigenvalue weighted by Gasteiger charge is 2.59. The van der Waals surface area contributed by atoms with E-state index in [0.717, 1.165) is 11.1 Å². The fourth-order valence-corrected chi connectivity index (χ4v) is 12.2. The van der Waals surface area contributed by atoms with Gasteiger partial charge in [-0.2, -0.15) is 0 Å². The van der Waals surface area contributed by atoms with E-state index in [-0.39, 0.29) is 62.2 Å². The highest BCUT2D eigenvalue weighted by atomic mass is 19.1. The third-order valence-corrected chi connectivity index (χ3v) is 17.6. The van der Waals surface area contributed by atoms with Gasteiger partial charge in [0, 0.05) is 55.0 Å². The lowest BCUT2D eigenvalue weighted by Gasteiger charge is -2.40. The van der Waals surface area contributed by atoms with E-state index in [9.17, 15) is 38.0 Å². The molecule has 0 spiro atoms. The first kappa shape index (κ1) is 73.7. The van der Waals surface area contributed by atoms with Gasteiger partial charge in [-0.1, -0.05) is 76.2 Å². The molecule has 88 heavy (non-hydrogen) atoms. The van der Waals surface area contributed by atoms with Crippen LogP contribution < -0.4 is 16.0 Å². The summed E-state index contributed by atoms with van der Waals surface area (Å²) < 4.78 is 20.9. The largest absolute Gasteiger partial charge is 0.368 e. The predicted molar refractivity (Wildman–Crippen MR) is 328 cm³/mol. The summed E-state index contributed by atoms with van der Waals surface area (Å²) in [6, 6.07) is -11.4. The molecule has 5 rings (SSSR count). The van der Waals surface area contributed by atoms with Crippen molar-refractivity contribution in [2.75, 3.05) is 49.3 Å².